The minimum atomic E-state index is 0. The third kappa shape index (κ3) is 5.16. The Morgan fingerprint density at radius 3 is 2.58 bits per heavy atom. The maximum absolute atomic E-state index is 11.8. The second-order valence-electron chi connectivity index (χ2n) is 5.83. The maximum Gasteiger partial charge on any atom is 0.246 e. The number of hydrogen-bond acceptors (Lipinski definition) is 5. The fourth-order valence-electron chi connectivity index (χ4n) is 2.69. The number of rotatable bonds is 5. The van der Waals surface area contributed by atoms with E-state index in [9.17, 15) is 4.79 Å². The molecule has 0 bridgehead atoms. The smallest absolute Gasteiger partial charge is 0.246 e. The van der Waals surface area contributed by atoms with Gasteiger partial charge in [-0.05, 0) is 31.0 Å². The average molecular weight is 470 g/mol. The predicted molar refractivity (Wildman–Crippen MR) is 110 cm³/mol. The van der Waals surface area contributed by atoms with Gasteiger partial charge in [0.15, 0.2) is 11.8 Å². The molecule has 8 nitrogen and oxygen atoms in total. The summed E-state index contributed by atoms with van der Waals surface area (Å²) in [6.07, 6.45) is 1.58. The number of nitrogens with zero attached hydrogens (tertiary/aromatic N) is 4. The number of aryl methyl sites for hydroxylation is 1. The Morgan fingerprint density at radius 2 is 2.00 bits per heavy atom. The third-order valence-corrected chi connectivity index (χ3v) is 3.98. The lowest BCUT2D eigenvalue weighted by Crippen LogP contribution is -2.36. The van der Waals surface area contributed by atoms with E-state index in [-0.39, 0.29) is 29.9 Å². The van der Waals surface area contributed by atoms with Gasteiger partial charge in [0.2, 0.25) is 11.8 Å². The second kappa shape index (κ2) is 9.51. The molecule has 0 aliphatic carbocycles. The number of halogens is 1. The van der Waals surface area contributed by atoms with Crippen molar-refractivity contribution in [3.8, 4) is 0 Å². The zero-order chi connectivity index (χ0) is 17.6. The van der Waals surface area contributed by atoms with Crippen LogP contribution in [0.2, 0.25) is 0 Å². The molecule has 2 aromatic rings. The van der Waals surface area contributed by atoms with E-state index in [4.69, 9.17) is 4.52 Å². The molecule has 1 amide bonds. The van der Waals surface area contributed by atoms with Gasteiger partial charge in [0.1, 0.15) is 0 Å². The van der Waals surface area contributed by atoms with Crippen molar-refractivity contribution in [3.63, 3.8) is 0 Å². The van der Waals surface area contributed by atoms with Gasteiger partial charge in [-0.25, -0.2) is 0 Å². The molecule has 1 aliphatic heterocycles. The lowest BCUT2D eigenvalue weighted by molar-refractivity contribution is -0.117. The van der Waals surface area contributed by atoms with Gasteiger partial charge in [-0.2, -0.15) is 4.98 Å². The fourth-order valence-corrected chi connectivity index (χ4v) is 2.69. The molecule has 140 valence electrons. The van der Waals surface area contributed by atoms with Crippen LogP contribution in [-0.4, -0.2) is 35.6 Å². The first-order valence-electron chi connectivity index (χ1n) is 8.29. The van der Waals surface area contributed by atoms with E-state index in [1.807, 2.05) is 29.2 Å². The van der Waals surface area contributed by atoms with Gasteiger partial charge in [0.05, 0.1) is 6.54 Å². The average Bonchev–Trinajstić information content (AvgIpc) is 3.24. The van der Waals surface area contributed by atoms with E-state index < -0.39 is 0 Å². The van der Waals surface area contributed by atoms with Gasteiger partial charge in [-0.3, -0.25) is 9.79 Å². The molecule has 1 aromatic carbocycles. The molecule has 0 spiro atoms. The van der Waals surface area contributed by atoms with Gasteiger partial charge >= 0.3 is 0 Å². The van der Waals surface area contributed by atoms with Crippen molar-refractivity contribution in [1.82, 2.24) is 20.8 Å². The molecule has 0 saturated carbocycles. The quantitative estimate of drug-likeness (QED) is 0.395. The van der Waals surface area contributed by atoms with Gasteiger partial charge in [0.25, 0.3) is 0 Å². The van der Waals surface area contributed by atoms with Crippen molar-refractivity contribution in [2.24, 2.45) is 4.99 Å². The maximum atomic E-state index is 11.8. The van der Waals surface area contributed by atoms with Crippen LogP contribution >= 0.6 is 24.0 Å². The van der Waals surface area contributed by atoms with Crippen LogP contribution in [0.5, 0.6) is 0 Å². The predicted octanol–water partition coefficient (Wildman–Crippen LogP) is 1.99. The van der Waals surface area contributed by atoms with Crippen molar-refractivity contribution in [2.75, 3.05) is 18.5 Å². The van der Waals surface area contributed by atoms with Crippen LogP contribution in [0, 0.1) is 6.92 Å². The third-order valence-electron chi connectivity index (χ3n) is 3.98. The Hall–Kier alpha value is -2.17. The summed E-state index contributed by atoms with van der Waals surface area (Å²) in [5, 5.41) is 10.1. The number of carbonyl (C=O) groups excluding carboxylic acids is 1. The number of aliphatic imine (C=N–C) groups is 1. The van der Waals surface area contributed by atoms with E-state index in [0.29, 0.717) is 37.2 Å². The van der Waals surface area contributed by atoms with Crippen LogP contribution in [0.4, 0.5) is 5.69 Å². The molecule has 3 rings (SSSR count). The highest BCUT2D eigenvalue weighted by Crippen LogP contribution is 2.21. The highest BCUT2D eigenvalue weighted by atomic mass is 127. The monoisotopic (exact) mass is 470 g/mol. The minimum absolute atomic E-state index is 0. The van der Waals surface area contributed by atoms with Gasteiger partial charge in [-0.15, -0.1) is 24.0 Å². The SMILES string of the molecule is CN=C(NCc1ccc(N2CCCC2=O)cc1)NCc1nc(C)no1.I. The zero-order valence-corrected chi connectivity index (χ0v) is 17.2. The number of aromatic nitrogens is 2. The summed E-state index contributed by atoms with van der Waals surface area (Å²) >= 11 is 0. The Balaban J connectivity index is 0.00000243. The molecular weight excluding hydrogens is 447 g/mol. The van der Waals surface area contributed by atoms with Gasteiger partial charge < -0.3 is 20.1 Å². The van der Waals surface area contributed by atoms with Crippen molar-refractivity contribution >= 4 is 41.5 Å². The van der Waals surface area contributed by atoms with Gasteiger partial charge in [0, 0.05) is 32.2 Å². The first kappa shape index (κ1) is 20.1. The molecule has 1 aromatic heterocycles. The summed E-state index contributed by atoms with van der Waals surface area (Å²) in [7, 11) is 1.70. The van der Waals surface area contributed by atoms with E-state index in [2.05, 4.69) is 25.8 Å². The molecule has 26 heavy (non-hydrogen) atoms. The molecule has 2 N–H and O–H groups in total. The van der Waals surface area contributed by atoms with Crippen LogP contribution in [-0.2, 0) is 17.9 Å². The van der Waals surface area contributed by atoms with Crippen molar-refractivity contribution in [2.45, 2.75) is 32.9 Å². The van der Waals surface area contributed by atoms with Crippen LogP contribution in [0.3, 0.4) is 0 Å². The van der Waals surface area contributed by atoms with Gasteiger partial charge in [-0.1, -0.05) is 17.3 Å². The molecule has 1 fully saturated rings. The molecule has 1 saturated heterocycles. The van der Waals surface area contributed by atoms with E-state index >= 15 is 0 Å². The van der Waals surface area contributed by atoms with Crippen molar-refractivity contribution in [3.05, 3.63) is 41.5 Å². The highest BCUT2D eigenvalue weighted by Gasteiger charge is 2.21. The minimum Gasteiger partial charge on any atom is -0.352 e. The molecule has 0 atom stereocenters. The second-order valence-corrected chi connectivity index (χ2v) is 5.83. The summed E-state index contributed by atoms with van der Waals surface area (Å²) < 4.78 is 5.05. The Labute approximate surface area is 169 Å². The van der Waals surface area contributed by atoms with E-state index in [1.165, 1.54) is 0 Å². The summed E-state index contributed by atoms with van der Waals surface area (Å²) in [6, 6.07) is 8.00. The van der Waals surface area contributed by atoms with E-state index in [1.54, 1.807) is 14.0 Å². The van der Waals surface area contributed by atoms with Crippen LogP contribution in [0.25, 0.3) is 0 Å². The summed E-state index contributed by atoms with van der Waals surface area (Å²) in [5.74, 6) is 1.97. The largest absolute Gasteiger partial charge is 0.352 e. The van der Waals surface area contributed by atoms with Crippen LogP contribution in [0.15, 0.2) is 33.8 Å². The van der Waals surface area contributed by atoms with Crippen LogP contribution in [0.1, 0.15) is 30.1 Å². The number of guanidine groups is 1. The lowest BCUT2D eigenvalue weighted by Gasteiger charge is -2.16. The van der Waals surface area contributed by atoms with Crippen LogP contribution < -0.4 is 15.5 Å². The molecule has 9 heteroatoms. The van der Waals surface area contributed by atoms with E-state index in [0.717, 1.165) is 24.2 Å². The van der Waals surface area contributed by atoms with Crippen molar-refractivity contribution < 1.29 is 9.32 Å². The standard InChI is InChI=1S/C17H22N6O2.HI/c1-12-21-15(25-22-12)11-20-17(18-2)19-10-13-5-7-14(8-6-13)23-9-3-4-16(23)24;/h5-8H,3-4,9-11H2,1-2H3,(H2,18,19,20);1H. The lowest BCUT2D eigenvalue weighted by atomic mass is 10.2. The summed E-state index contributed by atoms with van der Waals surface area (Å²) in [6.45, 7) is 3.62. The number of carbonyl (C=O) groups is 1. The number of nitrogens with one attached hydrogen (secondary N) is 2. The Morgan fingerprint density at radius 1 is 1.27 bits per heavy atom. The molecule has 1 aliphatic rings. The summed E-state index contributed by atoms with van der Waals surface area (Å²) in [4.78, 5) is 21.9. The Bertz CT molecular complexity index is 759. The molecular formula is C17H23IN6O2. The van der Waals surface area contributed by atoms with Crippen molar-refractivity contribution in [1.29, 1.82) is 0 Å². The normalized spacial score (nSPS) is 14.3. The first-order chi connectivity index (χ1) is 12.2. The molecule has 0 radical (unpaired) electrons. The number of hydrogen-bond donors (Lipinski definition) is 2. The fraction of sp³-hybridized carbons (Fsp3) is 0.412. The molecule has 2 heterocycles. The topological polar surface area (TPSA) is 95.7 Å². The number of benzene rings is 1. The first-order valence-corrected chi connectivity index (χ1v) is 8.29. The number of amides is 1. The highest BCUT2D eigenvalue weighted by molar-refractivity contribution is 14.0. The summed E-state index contributed by atoms with van der Waals surface area (Å²) in [5.41, 5.74) is 2.06. The number of anilines is 1. The molecule has 0 unspecified atom stereocenters. The Kier molecular flexibility index (Phi) is 7.37. The zero-order valence-electron chi connectivity index (χ0n) is 14.9.